The maximum Gasteiger partial charge on any atom is 0.410 e. The Morgan fingerprint density at radius 3 is 1.41 bits per heavy atom. The van der Waals surface area contributed by atoms with Crippen molar-refractivity contribution < 1.29 is 77.0 Å². The number of amides is 5. The van der Waals surface area contributed by atoms with Gasteiger partial charge in [-0.3, -0.25) is 9.59 Å². The van der Waals surface area contributed by atoms with E-state index in [1.807, 2.05) is 60.6 Å². The number of nitrogens with one attached hydrogen (secondary N) is 2. The average Bonchev–Trinajstić information content (AvgIpc) is 3.89. The zero-order valence-corrected chi connectivity index (χ0v) is 41.5. The summed E-state index contributed by atoms with van der Waals surface area (Å²) in [6, 6.07) is -0.885. The predicted octanol–water partition coefficient (Wildman–Crippen LogP) is 4.97. The first kappa shape index (κ1) is 63.1. The molecule has 4 aliphatic rings. The van der Waals surface area contributed by atoms with Crippen LogP contribution in [-0.4, -0.2) is 174 Å². The largest absolute Gasteiger partial charge is 0.464 e. The number of carbonyl (C=O) groups excluding carboxylic acids is 8. The van der Waals surface area contributed by atoms with E-state index in [1.165, 1.54) is 30.6 Å². The highest BCUT2D eigenvalue weighted by Gasteiger charge is 2.39. The first-order valence-electron chi connectivity index (χ1n) is 21.4. The molecule has 4 heterocycles. The van der Waals surface area contributed by atoms with Crippen molar-refractivity contribution >= 4 is 48.0 Å². The van der Waals surface area contributed by atoms with Crippen molar-refractivity contribution in [2.24, 2.45) is 0 Å². The summed E-state index contributed by atoms with van der Waals surface area (Å²) in [6.45, 7) is 28.6. The summed E-state index contributed by atoms with van der Waals surface area (Å²) in [5.74, 6) is -0.989. The quantitative estimate of drug-likeness (QED) is 0.142. The number of allylic oxidation sites excluding steroid dienone is 2. The molecule has 10 atom stereocenters. The van der Waals surface area contributed by atoms with E-state index in [0.717, 1.165) is 6.42 Å². The van der Waals surface area contributed by atoms with Crippen molar-refractivity contribution in [1.29, 1.82) is 0 Å². The standard InChI is InChI=1S/C11H21NO5.C7H11NO3.C7H13NO2.C6H11NO3.C6H9NO3.C4H8.C2H6/c1-6-16-9(14)8(13)7(2)12-10(15)17-11(3,4)5;1-4-6(5(2)9)11-7(10)8(4)3;1-4-6-5(2)8(3)7(9)10-6;1-4-5(3-8)10-6(9)7(4)2;1-3-5(4(2)8)10-6(9)7-3;1-3-4-2;1-2/h7-8,13H,6H2,1-5H3,(H,12,15);4,6H,1-3H3;5-6H,4H2,1-3H3;4-5,8H,3H2,1-2H3;3,5H,1-2H3,(H,7,9);3-4H,1-2H3;1-2H3/b;;;;;4-3+;/t7-,8-;4-,6+;5-,6-;4-,5-;3-,5+;;/m00000../s1. The van der Waals surface area contributed by atoms with Gasteiger partial charge in [-0.15, -0.1) is 0 Å². The molecule has 4 fully saturated rings. The molecule has 4 saturated heterocycles. The van der Waals surface area contributed by atoms with Crippen molar-refractivity contribution in [2.45, 2.75) is 184 Å². The van der Waals surface area contributed by atoms with Gasteiger partial charge in [0.05, 0.1) is 43.4 Å². The Morgan fingerprint density at radius 1 is 0.766 bits per heavy atom. The second-order valence-electron chi connectivity index (χ2n) is 15.6. The zero-order valence-electron chi connectivity index (χ0n) is 41.5. The first-order chi connectivity index (χ1) is 29.6. The number of cyclic esters (lactones) is 4. The number of rotatable bonds is 8. The fourth-order valence-electron chi connectivity index (χ4n) is 5.10. The second kappa shape index (κ2) is 31.6. The van der Waals surface area contributed by atoms with Gasteiger partial charge in [0, 0.05) is 21.1 Å². The number of hydrogen-bond acceptors (Lipinski definition) is 16. The molecule has 0 spiro atoms. The highest BCUT2D eigenvalue weighted by Crippen LogP contribution is 2.19. The molecule has 4 aliphatic heterocycles. The molecule has 4 N–H and O–H groups in total. The molecule has 21 heteroatoms. The minimum atomic E-state index is -1.40. The lowest BCUT2D eigenvalue weighted by Gasteiger charge is -2.23. The fourth-order valence-corrected chi connectivity index (χ4v) is 5.10. The minimum Gasteiger partial charge on any atom is -0.464 e. The van der Waals surface area contributed by atoms with Crippen LogP contribution in [0.2, 0.25) is 0 Å². The van der Waals surface area contributed by atoms with Crippen LogP contribution in [0.4, 0.5) is 24.0 Å². The molecule has 0 aliphatic carbocycles. The van der Waals surface area contributed by atoms with Gasteiger partial charge in [0.15, 0.2) is 29.9 Å². The van der Waals surface area contributed by atoms with Gasteiger partial charge in [0.2, 0.25) is 0 Å². The molecule has 0 saturated carbocycles. The molecule has 0 radical (unpaired) electrons. The molecule has 21 nitrogen and oxygen atoms in total. The number of ether oxygens (including phenoxy) is 6. The number of Topliss-reactive ketones (excluding diaryl/α,β-unsaturated/α-hetero) is 2. The van der Waals surface area contributed by atoms with Gasteiger partial charge in [0.25, 0.3) is 0 Å². The molecule has 0 aromatic rings. The van der Waals surface area contributed by atoms with Crippen LogP contribution in [0.1, 0.15) is 117 Å². The van der Waals surface area contributed by atoms with Crippen molar-refractivity contribution in [3.8, 4) is 0 Å². The number of aliphatic hydroxyl groups is 2. The highest BCUT2D eigenvalue weighted by atomic mass is 16.6. The van der Waals surface area contributed by atoms with E-state index in [4.69, 9.17) is 24.1 Å². The van der Waals surface area contributed by atoms with Crippen LogP contribution in [-0.2, 0) is 42.8 Å². The number of alkyl carbamates (subject to hydrolysis) is 2. The summed E-state index contributed by atoms with van der Waals surface area (Å²) < 4.78 is 28.8. The normalized spacial score (nSPS) is 24.9. The first-order valence-corrected chi connectivity index (χ1v) is 21.4. The third kappa shape index (κ3) is 23.0. The predicted molar refractivity (Wildman–Crippen MR) is 237 cm³/mol. The van der Waals surface area contributed by atoms with Crippen molar-refractivity contribution in [3.05, 3.63) is 12.2 Å². The smallest absolute Gasteiger partial charge is 0.410 e. The molecule has 0 aromatic carbocycles. The molecular formula is C43H79N5O16. The van der Waals surface area contributed by atoms with Gasteiger partial charge >= 0.3 is 36.4 Å². The van der Waals surface area contributed by atoms with Crippen molar-refractivity contribution in [1.82, 2.24) is 25.3 Å². The van der Waals surface area contributed by atoms with E-state index in [2.05, 4.69) is 20.1 Å². The number of esters is 1. The molecule has 0 bridgehead atoms. The van der Waals surface area contributed by atoms with E-state index in [9.17, 15) is 43.5 Å². The lowest BCUT2D eigenvalue weighted by molar-refractivity contribution is -0.154. The lowest BCUT2D eigenvalue weighted by Crippen LogP contribution is -2.47. The highest BCUT2D eigenvalue weighted by molar-refractivity contribution is 5.87. The van der Waals surface area contributed by atoms with E-state index in [0.29, 0.717) is 0 Å². The van der Waals surface area contributed by atoms with Crippen LogP contribution in [0.15, 0.2) is 12.2 Å². The molecular weight excluding hydrogens is 842 g/mol. The Labute approximate surface area is 379 Å². The molecule has 64 heavy (non-hydrogen) atoms. The Hall–Kier alpha value is -5.18. The minimum absolute atomic E-state index is 0.0162. The van der Waals surface area contributed by atoms with E-state index in [-0.39, 0.29) is 73.3 Å². The van der Waals surface area contributed by atoms with Crippen LogP contribution in [0.25, 0.3) is 0 Å². The van der Waals surface area contributed by atoms with Crippen LogP contribution >= 0.6 is 0 Å². The summed E-state index contributed by atoms with van der Waals surface area (Å²) in [6.07, 6.45) is -0.0841. The summed E-state index contributed by atoms with van der Waals surface area (Å²) in [7, 11) is 5.04. The number of likely N-dealkylation sites (N-methyl/N-ethyl adjacent to an activating group) is 3. The van der Waals surface area contributed by atoms with Gasteiger partial charge in [0.1, 0.15) is 17.8 Å². The van der Waals surface area contributed by atoms with E-state index >= 15 is 0 Å². The third-order valence-corrected chi connectivity index (χ3v) is 9.44. The number of nitrogens with zero attached hydrogens (tertiary/aromatic N) is 3. The van der Waals surface area contributed by atoms with Gasteiger partial charge in [-0.2, -0.15) is 0 Å². The SMILES string of the molecule is C/C=C/C.CC.CC(=O)[C@@H]1OC(=O)N(C)[C@H]1C.CC(=O)[C@@H]1OC(=O)N[C@H]1C.CCOC(=O)[C@@H](O)[C@H](C)NC(=O)OC(C)(C)C.CC[C@@H]1OC(=O)N(C)[C@H]1C.C[C@H]1[C@H](CO)OC(=O)N1C. The zero-order chi connectivity index (χ0) is 50.8. The van der Waals surface area contributed by atoms with Crippen molar-refractivity contribution in [3.63, 3.8) is 0 Å². The number of aliphatic hydroxyl groups excluding tert-OH is 2. The maximum atomic E-state index is 11.4. The number of hydrogen-bond donors (Lipinski definition) is 4. The summed E-state index contributed by atoms with van der Waals surface area (Å²) in [5, 5.41) is 23.0. The number of ketones is 2. The Balaban J connectivity index is -0.000000713. The average molecular weight is 922 g/mol. The molecule has 4 rings (SSSR count). The van der Waals surface area contributed by atoms with Gasteiger partial charge in [-0.1, -0.05) is 32.9 Å². The Bertz CT molecular complexity index is 1470. The molecule has 0 aromatic heterocycles. The lowest BCUT2D eigenvalue weighted by atomic mass is 10.1. The molecule has 5 amide bonds. The van der Waals surface area contributed by atoms with Crippen LogP contribution in [0.5, 0.6) is 0 Å². The second-order valence-corrected chi connectivity index (χ2v) is 15.6. The van der Waals surface area contributed by atoms with E-state index in [1.54, 1.807) is 67.6 Å². The molecule has 0 unspecified atom stereocenters. The van der Waals surface area contributed by atoms with Crippen LogP contribution in [0, 0.1) is 0 Å². The Morgan fingerprint density at radius 2 is 1.19 bits per heavy atom. The van der Waals surface area contributed by atoms with Gasteiger partial charge in [-0.05, 0) is 96.4 Å². The van der Waals surface area contributed by atoms with Crippen LogP contribution in [0.3, 0.4) is 0 Å². The molecule has 372 valence electrons. The van der Waals surface area contributed by atoms with Crippen molar-refractivity contribution in [2.75, 3.05) is 34.4 Å². The Kier molecular flexibility index (Phi) is 31.2. The summed E-state index contributed by atoms with van der Waals surface area (Å²) >= 11 is 0. The monoisotopic (exact) mass is 922 g/mol. The van der Waals surface area contributed by atoms with Crippen LogP contribution < -0.4 is 10.6 Å². The maximum absolute atomic E-state index is 11.4. The summed E-state index contributed by atoms with van der Waals surface area (Å²) in [5.41, 5.74) is -0.626. The van der Waals surface area contributed by atoms with Gasteiger partial charge < -0.3 is 64.0 Å². The van der Waals surface area contributed by atoms with Gasteiger partial charge in [-0.25, -0.2) is 28.8 Å². The summed E-state index contributed by atoms with van der Waals surface area (Å²) in [4.78, 5) is 91.5. The number of carbonyl (C=O) groups is 8. The third-order valence-electron chi connectivity index (χ3n) is 9.44. The van der Waals surface area contributed by atoms with E-state index < -0.39 is 54.2 Å². The fraction of sp³-hybridized carbons (Fsp3) is 0.767. The topological polar surface area (TPSA) is 266 Å².